The first kappa shape index (κ1) is 22.5. The second-order valence-electron chi connectivity index (χ2n) is 9.16. The Morgan fingerprint density at radius 3 is 2.38 bits per heavy atom. The standard InChI is InChI=1S/C23H30FN8O2/c1-15-16(2)32-19-20(27(3)23(34)28(4)21(19)33)25-22(32)31(26-15)14-11-29-9-12-30(13-10-29)18-7-5-17(24)6-8-18/h5-8,16,19H,9-14H2,1-4H3/q+1. The zero-order chi connectivity index (χ0) is 24.1. The molecule has 2 fully saturated rings. The van der Waals surface area contributed by atoms with Crippen LogP contribution in [0.15, 0.2) is 34.4 Å². The maximum Gasteiger partial charge on any atom is 0.416 e. The van der Waals surface area contributed by atoms with E-state index in [-0.39, 0.29) is 23.8 Å². The third kappa shape index (κ3) is 3.64. The lowest BCUT2D eigenvalue weighted by Crippen LogP contribution is -2.63. The van der Waals surface area contributed by atoms with Crippen LogP contribution in [0, 0.1) is 5.82 Å². The van der Waals surface area contributed by atoms with Gasteiger partial charge >= 0.3 is 12.0 Å². The summed E-state index contributed by atoms with van der Waals surface area (Å²) in [6.07, 6.45) is 0. The molecule has 0 saturated carbocycles. The number of guanidine groups is 1. The van der Waals surface area contributed by atoms with Gasteiger partial charge in [-0.1, -0.05) is 4.99 Å². The Bertz CT molecular complexity index is 1110. The van der Waals surface area contributed by atoms with E-state index in [1.165, 1.54) is 24.1 Å². The summed E-state index contributed by atoms with van der Waals surface area (Å²) in [5.41, 5.74) is 1.94. The van der Waals surface area contributed by atoms with Crippen molar-refractivity contribution in [2.75, 3.05) is 58.3 Å². The Balaban J connectivity index is 1.28. The van der Waals surface area contributed by atoms with Crippen molar-refractivity contribution in [3.05, 3.63) is 30.1 Å². The Morgan fingerprint density at radius 2 is 1.71 bits per heavy atom. The number of hydrogen-bond donors (Lipinski definition) is 0. The van der Waals surface area contributed by atoms with E-state index in [4.69, 9.17) is 10.1 Å². The molecule has 1 aromatic rings. The van der Waals surface area contributed by atoms with Crippen molar-refractivity contribution in [1.82, 2.24) is 19.7 Å². The molecule has 34 heavy (non-hydrogen) atoms. The molecule has 2 atom stereocenters. The van der Waals surface area contributed by atoms with E-state index in [1.807, 2.05) is 35.6 Å². The van der Waals surface area contributed by atoms with Gasteiger partial charge in [-0.3, -0.25) is 19.5 Å². The fourth-order valence-corrected chi connectivity index (χ4v) is 4.93. The lowest BCUT2D eigenvalue weighted by atomic mass is 10.1. The van der Waals surface area contributed by atoms with Gasteiger partial charge < -0.3 is 4.90 Å². The molecule has 0 aliphatic carbocycles. The highest BCUT2D eigenvalue weighted by Gasteiger charge is 2.55. The van der Waals surface area contributed by atoms with Gasteiger partial charge in [0.2, 0.25) is 11.9 Å². The molecule has 0 bridgehead atoms. The summed E-state index contributed by atoms with van der Waals surface area (Å²) in [7, 11) is 3.16. The summed E-state index contributed by atoms with van der Waals surface area (Å²) in [5.74, 6) is 0.583. The van der Waals surface area contributed by atoms with Crippen LogP contribution in [0.4, 0.5) is 14.9 Å². The van der Waals surface area contributed by atoms with Gasteiger partial charge in [-0.2, -0.15) is 0 Å². The lowest BCUT2D eigenvalue weighted by Gasteiger charge is -2.36. The normalized spacial score (nSPS) is 25.6. The van der Waals surface area contributed by atoms with E-state index in [0.717, 1.165) is 49.0 Å². The lowest BCUT2D eigenvalue weighted by molar-refractivity contribution is -0.559. The number of halogens is 1. The molecule has 180 valence electrons. The molecular formula is C23H30FN8O2+. The van der Waals surface area contributed by atoms with Crippen LogP contribution in [-0.2, 0) is 4.79 Å². The van der Waals surface area contributed by atoms with Crippen LogP contribution in [0.25, 0.3) is 0 Å². The van der Waals surface area contributed by atoms with Crippen molar-refractivity contribution in [2.24, 2.45) is 10.1 Å². The second kappa shape index (κ2) is 8.46. The number of benzene rings is 1. The number of amides is 3. The van der Waals surface area contributed by atoms with Gasteiger partial charge in [-0.25, -0.2) is 13.8 Å². The van der Waals surface area contributed by atoms with Crippen molar-refractivity contribution in [3.63, 3.8) is 0 Å². The SMILES string of the molecule is CC1=NN(CCN2CCN(c3ccc(F)cc3)CC2)C2=[N+](C1C)C1C(=O)N(C)C(=O)N(C)C1=N2. The molecule has 2 saturated heterocycles. The van der Waals surface area contributed by atoms with Crippen molar-refractivity contribution in [2.45, 2.75) is 25.9 Å². The molecule has 0 N–H and O–H groups in total. The topological polar surface area (TPSA) is 78.1 Å². The molecule has 5 rings (SSSR count). The maximum atomic E-state index is 13.2. The number of hydrogen-bond acceptors (Lipinski definition) is 7. The van der Waals surface area contributed by atoms with Crippen LogP contribution < -0.4 is 4.90 Å². The van der Waals surface area contributed by atoms with Crippen LogP contribution in [0.5, 0.6) is 0 Å². The van der Waals surface area contributed by atoms with Crippen LogP contribution >= 0.6 is 0 Å². The number of carbonyl (C=O) groups is 2. The minimum atomic E-state index is -0.620. The fourth-order valence-electron chi connectivity index (χ4n) is 4.93. The van der Waals surface area contributed by atoms with Gasteiger partial charge in [0.15, 0.2) is 0 Å². The van der Waals surface area contributed by atoms with Gasteiger partial charge in [0.1, 0.15) is 18.4 Å². The molecule has 0 radical (unpaired) electrons. The number of amidine groups is 1. The number of carbonyl (C=O) groups excluding carboxylic acids is 2. The zero-order valence-electron chi connectivity index (χ0n) is 20.0. The predicted molar refractivity (Wildman–Crippen MR) is 127 cm³/mol. The third-order valence-corrected chi connectivity index (χ3v) is 7.17. The summed E-state index contributed by atoms with van der Waals surface area (Å²) in [6.45, 7) is 8.89. The molecular weight excluding hydrogens is 439 g/mol. The highest BCUT2D eigenvalue weighted by molar-refractivity contribution is 6.23. The van der Waals surface area contributed by atoms with Crippen LogP contribution in [-0.4, -0.2) is 119 Å². The maximum absolute atomic E-state index is 13.2. The zero-order valence-corrected chi connectivity index (χ0v) is 20.0. The molecule has 11 heteroatoms. The molecule has 10 nitrogen and oxygen atoms in total. The number of piperazine rings is 1. The highest BCUT2D eigenvalue weighted by Crippen LogP contribution is 2.25. The van der Waals surface area contributed by atoms with Crippen molar-refractivity contribution < 1.29 is 18.6 Å². The molecule has 4 heterocycles. The Kier molecular flexibility index (Phi) is 5.59. The number of hydrazone groups is 1. The first-order valence-electron chi connectivity index (χ1n) is 11.6. The van der Waals surface area contributed by atoms with E-state index < -0.39 is 6.04 Å². The van der Waals surface area contributed by atoms with Gasteiger partial charge in [-0.05, 0) is 38.1 Å². The number of urea groups is 1. The average molecular weight is 470 g/mol. The van der Waals surface area contributed by atoms with E-state index in [0.29, 0.717) is 18.3 Å². The largest absolute Gasteiger partial charge is 0.416 e. The van der Waals surface area contributed by atoms with Crippen molar-refractivity contribution >= 4 is 35.1 Å². The Hall–Kier alpha value is -3.34. The summed E-state index contributed by atoms with van der Waals surface area (Å²) in [6, 6.07) is 5.54. The fraction of sp³-hybridized carbons (Fsp3) is 0.522. The monoisotopic (exact) mass is 469 g/mol. The first-order chi connectivity index (χ1) is 16.3. The summed E-state index contributed by atoms with van der Waals surface area (Å²) in [4.78, 5) is 37.4. The van der Waals surface area contributed by atoms with Gasteiger partial charge in [-0.15, -0.1) is 10.1 Å². The summed E-state index contributed by atoms with van der Waals surface area (Å²) < 4.78 is 15.2. The molecule has 1 aromatic carbocycles. The van der Waals surface area contributed by atoms with E-state index in [2.05, 4.69) is 9.80 Å². The second-order valence-corrected chi connectivity index (χ2v) is 9.16. The van der Waals surface area contributed by atoms with Crippen molar-refractivity contribution in [1.29, 1.82) is 0 Å². The number of fused-ring (bicyclic) bond motifs is 2. The number of rotatable bonds is 4. The van der Waals surface area contributed by atoms with Crippen LogP contribution in [0.1, 0.15) is 13.8 Å². The molecule has 4 aliphatic heterocycles. The number of anilines is 1. The first-order valence-corrected chi connectivity index (χ1v) is 11.6. The van der Waals surface area contributed by atoms with Gasteiger partial charge in [0.05, 0.1) is 5.71 Å². The third-order valence-electron chi connectivity index (χ3n) is 7.17. The van der Waals surface area contributed by atoms with Crippen molar-refractivity contribution in [3.8, 4) is 0 Å². The van der Waals surface area contributed by atoms with E-state index >= 15 is 0 Å². The number of imide groups is 1. The van der Waals surface area contributed by atoms with Crippen LogP contribution in [0.3, 0.4) is 0 Å². The summed E-state index contributed by atoms with van der Waals surface area (Å²) in [5, 5.41) is 6.63. The van der Waals surface area contributed by atoms with Crippen LogP contribution in [0.2, 0.25) is 0 Å². The molecule has 3 amide bonds. The molecule has 4 aliphatic rings. The number of nitrogens with zero attached hydrogens (tertiary/aromatic N) is 8. The number of aliphatic imine (C=N–C) groups is 1. The van der Waals surface area contributed by atoms with E-state index in [1.54, 1.807) is 7.05 Å². The molecule has 2 unspecified atom stereocenters. The Labute approximate surface area is 198 Å². The Morgan fingerprint density at radius 1 is 1.03 bits per heavy atom. The van der Waals surface area contributed by atoms with Gasteiger partial charge in [0.25, 0.3) is 5.91 Å². The quantitative estimate of drug-likeness (QED) is 0.607. The smallest absolute Gasteiger partial charge is 0.369 e. The minimum absolute atomic E-state index is 0.101. The average Bonchev–Trinajstić information content (AvgIpc) is 3.25. The minimum Gasteiger partial charge on any atom is -0.369 e. The van der Waals surface area contributed by atoms with Gasteiger partial charge in [0, 0.05) is 52.5 Å². The van der Waals surface area contributed by atoms with E-state index in [9.17, 15) is 14.0 Å². The number of likely N-dealkylation sites (N-methyl/N-ethyl adjacent to an activating group) is 2. The molecule has 0 spiro atoms. The summed E-state index contributed by atoms with van der Waals surface area (Å²) >= 11 is 0. The highest BCUT2D eigenvalue weighted by atomic mass is 19.1. The predicted octanol–water partition coefficient (Wildman–Crippen LogP) is 0.701. The molecule has 0 aromatic heterocycles.